The number of rotatable bonds is 11. The molecule has 4 rings (SSSR count). The molecule has 3 heterocycles. The van der Waals surface area contributed by atoms with Crippen molar-refractivity contribution in [2.24, 2.45) is 4.99 Å². The second-order valence-corrected chi connectivity index (χ2v) is 10.9. The lowest BCUT2D eigenvalue weighted by atomic mass is 10.1. The van der Waals surface area contributed by atoms with Crippen LogP contribution < -0.4 is 10.2 Å². The zero-order chi connectivity index (χ0) is 27.2. The Hall–Kier alpha value is -3.40. The zero-order valence-electron chi connectivity index (χ0n) is 23.0. The van der Waals surface area contributed by atoms with Gasteiger partial charge < -0.3 is 10.2 Å². The smallest absolute Gasteiger partial charge is 0.185 e. The van der Waals surface area contributed by atoms with Gasteiger partial charge in [0.25, 0.3) is 0 Å². The van der Waals surface area contributed by atoms with E-state index in [4.69, 9.17) is 15.0 Å². The van der Waals surface area contributed by atoms with Crippen molar-refractivity contribution >= 4 is 35.4 Å². The van der Waals surface area contributed by atoms with Gasteiger partial charge >= 0.3 is 0 Å². The SMILES string of the molecule is CCSc1ccc(CN/C(C=O)=N/c2c(C)nc(-c3c(C)ncnc3C3CC3)nc2N(C)[C@H](C)CC)nc1. The molecule has 0 bridgehead atoms. The monoisotopic (exact) mass is 532 g/mol. The minimum atomic E-state index is 0.204. The number of aromatic nitrogens is 5. The molecule has 0 aromatic carbocycles. The summed E-state index contributed by atoms with van der Waals surface area (Å²) in [6.07, 6.45) is 7.36. The number of anilines is 1. The van der Waals surface area contributed by atoms with Gasteiger partial charge in [-0.25, -0.2) is 24.9 Å². The lowest BCUT2D eigenvalue weighted by Crippen LogP contribution is -2.30. The largest absolute Gasteiger partial charge is 0.362 e. The lowest BCUT2D eigenvalue weighted by molar-refractivity contribution is -0.102. The third-order valence-corrected chi connectivity index (χ3v) is 7.65. The molecule has 3 aromatic heterocycles. The van der Waals surface area contributed by atoms with Gasteiger partial charge in [0.05, 0.1) is 34.9 Å². The predicted octanol–water partition coefficient (Wildman–Crippen LogP) is 5.19. The minimum absolute atomic E-state index is 0.204. The number of nitrogens with zero attached hydrogens (tertiary/aromatic N) is 7. The van der Waals surface area contributed by atoms with E-state index in [0.29, 0.717) is 35.5 Å². The maximum Gasteiger partial charge on any atom is 0.185 e. The van der Waals surface area contributed by atoms with E-state index in [1.807, 2.05) is 39.2 Å². The number of hydrogen-bond acceptors (Lipinski definition) is 9. The molecule has 1 fully saturated rings. The number of thioether (sulfide) groups is 1. The number of aldehydes is 1. The number of aliphatic imine (C=N–C) groups is 1. The van der Waals surface area contributed by atoms with Crippen LogP contribution in [0.5, 0.6) is 0 Å². The van der Waals surface area contributed by atoms with Crippen LogP contribution in [-0.4, -0.2) is 55.9 Å². The van der Waals surface area contributed by atoms with Crippen molar-refractivity contribution in [1.29, 1.82) is 0 Å². The number of pyridine rings is 1. The Balaban J connectivity index is 1.71. The number of nitrogens with one attached hydrogen (secondary N) is 1. The molecule has 0 aliphatic heterocycles. The molecule has 1 atom stereocenters. The van der Waals surface area contributed by atoms with E-state index in [1.165, 1.54) is 0 Å². The highest BCUT2D eigenvalue weighted by atomic mass is 32.2. The molecular weight excluding hydrogens is 496 g/mol. The average molecular weight is 533 g/mol. The summed E-state index contributed by atoms with van der Waals surface area (Å²) in [7, 11) is 2.00. The Morgan fingerprint density at radius 2 is 1.97 bits per heavy atom. The first kappa shape index (κ1) is 27.6. The highest BCUT2D eigenvalue weighted by Gasteiger charge is 2.31. The normalized spacial score (nSPS) is 14.3. The predicted molar refractivity (Wildman–Crippen MR) is 153 cm³/mol. The van der Waals surface area contributed by atoms with E-state index >= 15 is 0 Å². The number of aryl methyl sites for hydroxylation is 2. The van der Waals surface area contributed by atoms with Crippen LogP contribution in [-0.2, 0) is 11.3 Å². The topological polar surface area (TPSA) is 109 Å². The maximum atomic E-state index is 12.0. The van der Waals surface area contributed by atoms with Gasteiger partial charge in [0, 0.05) is 30.1 Å². The van der Waals surface area contributed by atoms with Gasteiger partial charge in [-0.15, -0.1) is 11.8 Å². The van der Waals surface area contributed by atoms with Crippen LogP contribution in [0.15, 0.2) is 34.5 Å². The van der Waals surface area contributed by atoms with Gasteiger partial charge in [-0.05, 0) is 57.9 Å². The summed E-state index contributed by atoms with van der Waals surface area (Å²) in [5, 5.41) is 3.13. The standard InChI is InChI=1S/C28H36N8OS/c1-7-17(3)36(6)28-25(34-23(15-37)30-13-21-11-12-22(14-29-21)38-8-2)19(5)33-27(35-28)24-18(4)31-16-32-26(24)20-9-10-20/h11-12,14-17,20H,7-10,13H2,1-6H3,(H,30,34)/t17-/m1/s1. The molecule has 38 heavy (non-hydrogen) atoms. The van der Waals surface area contributed by atoms with E-state index in [-0.39, 0.29) is 11.9 Å². The molecule has 1 aliphatic carbocycles. The Morgan fingerprint density at radius 3 is 2.61 bits per heavy atom. The van der Waals surface area contributed by atoms with Gasteiger partial charge in [0.1, 0.15) is 12.0 Å². The average Bonchev–Trinajstić information content (AvgIpc) is 3.77. The maximum absolute atomic E-state index is 12.0. The molecule has 10 heteroatoms. The molecule has 0 saturated heterocycles. The summed E-state index contributed by atoms with van der Waals surface area (Å²) in [5.74, 6) is 2.90. The fourth-order valence-corrected chi connectivity index (χ4v) is 4.76. The van der Waals surface area contributed by atoms with Crippen LogP contribution in [0, 0.1) is 13.8 Å². The van der Waals surface area contributed by atoms with E-state index in [0.717, 1.165) is 58.8 Å². The fourth-order valence-electron chi connectivity index (χ4n) is 4.13. The summed E-state index contributed by atoms with van der Waals surface area (Å²) < 4.78 is 0. The van der Waals surface area contributed by atoms with Gasteiger partial charge in [0.15, 0.2) is 23.8 Å². The van der Waals surface area contributed by atoms with E-state index in [1.54, 1.807) is 18.1 Å². The van der Waals surface area contributed by atoms with Crippen molar-refractivity contribution in [2.75, 3.05) is 17.7 Å². The second-order valence-electron chi connectivity index (χ2n) is 9.55. The van der Waals surface area contributed by atoms with Crippen LogP contribution in [0.4, 0.5) is 11.5 Å². The molecule has 0 radical (unpaired) electrons. The molecule has 1 saturated carbocycles. The summed E-state index contributed by atoms with van der Waals surface area (Å²) in [5.41, 5.74) is 4.85. The zero-order valence-corrected chi connectivity index (χ0v) is 23.8. The molecule has 1 N–H and O–H groups in total. The third-order valence-electron chi connectivity index (χ3n) is 6.78. The van der Waals surface area contributed by atoms with Crippen LogP contribution in [0.2, 0.25) is 0 Å². The van der Waals surface area contributed by atoms with Crippen molar-refractivity contribution in [2.45, 2.75) is 77.3 Å². The highest BCUT2D eigenvalue weighted by molar-refractivity contribution is 7.99. The fraction of sp³-hybridized carbons (Fsp3) is 0.464. The van der Waals surface area contributed by atoms with Gasteiger partial charge in [-0.3, -0.25) is 9.78 Å². The first-order valence-corrected chi connectivity index (χ1v) is 14.1. The van der Waals surface area contributed by atoms with E-state index < -0.39 is 0 Å². The van der Waals surface area contributed by atoms with Crippen LogP contribution in [0.3, 0.4) is 0 Å². The molecule has 0 unspecified atom stereocenters. The summed E-state index contributed by atoms with van der Waals surface area (Å²) in [6.45, 7) is 10.6. The van der Waals surface area contributed by atoms with Gasteiger partial charge in [-0.1, -0.05) is 13.8 Å². The molecule has 0 amide bonds. The number of carbonyl (C=O) groups excluding carboxylic acids is 1. The number of amidine groups is 1. The van der Waals surface area contributed by atoms with Crippen molar-refractivity contribution in [3.63, 3.8) is 0 Å². The first-order chi connectivity index (χ1) is 18.4. The minimum Gasteiger partial charge on any atom is -0.362 e. The molecule has 0 spiro atoms. The summed E-state index contributed by atoms with van der Waals surface area (Å²) >= 11 is 1.74. The van der Waals surface area contributed by atoms with Gasteiger partial charge in [-0.2, -0.15) is 0 Å². The first-order valence-electron chi connectivity index (χ1n) is 13.1. The molecule has 200 valence electrons. The lowest BCUT2D eigenvalue weighted by Gasteiger charge is -2.27. The van der Waals surface area contributed by atoms with Gasteiger partial charge in [0.2, 0.25) is 0 Å². The summed E-state index contributed by atoms with van der Waals surface area (Å²) in [6, 6.07) is 4.20. The number of carbonyl (C=O) groups is 1. The highest BCUT2D eigenvalue weighted by Crippen LogP contribution is 2.44. The Morgan fingerprint density at radius 1 is 1.18 bits per heavy atom. The molecule has 3 aromatic rings. The van der Waals surface area contributed by atoms with E-state index in [9.17, 15) is 4.79 Å². The second kappa shape index (κ2) is 12.4. The molecule has 1 aliphatic rings. The van der Waals surface area contributed by atoms with Crippen molar-refractivity contribution < 1.29 is 4.79 Å². The Kier molecular flexibility index (Phi) is 9.04. The molecule has 9 nitrogen and oxygen atoms in total. The van der Waals surface area contributed by atoms with Crippen LogP contribution >= 0.6 is 11.8 Å². The Bertz CT molecular complexity index is 1310. The number of hydrogen-bond donors (Lipinski definition) is 1. The quantitative estimate of drug-likeness (QED) is 0.154. The van der Waals surface area contributed by atoms with Crippen molar-refractivity contribution in [3.8, 4) is 11.4 Å². The van der Waals surface area contributed by atoms with Crippen LogP contribution in [0.1, 0.15) is 68.7 Å². The third kappa shape index (κ3) is 6.35. The van der Waals surface area contributed by atoms with Crippen LogP contribution in [0.25, 0.3) is 11.4 Å². The summed E-state index contributed by atoms with van der Waals surface area (Å²) in [4.78, 5) is 43.3. The van der Waals surface area contributed by atoms with E-state index in [2.05, 4.69) is 45.9 Å². The van der Waals surface area contributed by atoms with Crippen molar-refractivity contribution in [1.82, 2.24) is 30.2 Å². The van der Waals surface area contributed by atoms with Crippen molar-refractivity contribution in [3.05, 3.63) is 47.4 Å². The molecular formula is C28H36N8OS. The Labute approximate surface area is 229 Å².